The highest BCUT2D eigenvalue weighted by molar-refractivity contribution is 6.09. The molecule has 7 aromatic carbocycles. The molecule has 8 aromatic rings. The van der Waals surface area contributed by atoms with Gasteiger partial charge in [0.05, 0.1) is 0 Å². The first-order chi connectivity index (χ1) is 21.3. The monoisotopic (exact) mass is 546 g/mol. The predicted octanol–water partition coefficient (Wildman–Crippen LogP) is 11.9. The zero-order valence-electron chi connectivity index (χ0n) is 23.4. The van der Waals surface area contributed by atoms with Gasteiger partial charge < -0.3 is 4.42 Å². The maximum absolute atomic E-state index is 6.32. The molecule has 0 atom stereocenters. The summed E-state index contributed by atoms with van der Waals surface area (Å²) >= 11 is 0. The Morgan fingerprint density at radius 2 is 0.721 bits per heavy atom. The maximum Gasteiger partial charge on any atom is 0.143 e. The lowest BCUT2D eigenvalue weighted by Crippen LogP contribution is -1.97. The van der Waals surface area contributed by atoms with E-state index < -0.39 is 0 Å². The van der Waals surface area contributed by atoms with Gasteiger partial charge in [-0.2, -0.15) is 0 Å². The third-order valence-electron chi connectivity index (χ3n) is 8.89. The molecule has 1 aliphatic rings. The molecule has 0 bridgehead atoms. The van der Waals surface area contributed by atoms with Crippen molar-refractivity contribution in [2.24, 2.45) is 0 Å². The first-order valence-corrected chi connectivity index (χ1v) is 14.8. The van der Waals surface area contributed by atoms with Gasteiger partial charge in [-0.15, -0.1) is 0 Å². The van der Waals surface area contributed by atoms with Gasteiger partial charge in [-0.25, -0.2) is 0 Å². The van der Waals surface area contributed by atoms with Gasteiger partial charge in [0, 0.05) is 16.3 Å². The molecule has 1 nitrogen and oxygen atoms in total. The average molecular weight is 547 g/mol. The standard InChI is InChI=1S/C42H26O/c1-2-11-32-31(10-1)33-12-3-4-14-35(33)37-25-24-29(26-40(37)36-15-6-5-13-34(32)36)27-20-22-28(23-21-27)30-17-9-18-39-38-16-7-8-19-41(38)43-42(30)39/h1-26H. The molecule has 0 unspecified atom stereocenters. The van der Waals surface area contributed by atoms with E-state index in [1.54, 1.807) is 0 Å². The average Bonchev–Trinajstić information content (AvgIpc) is 3.47. The highest BCUT2D eigenvalue weighted by Gasteiger charge is 2.22. The van der Waals surface area contributed by atoms with Crippen molar-refractivity contribution < 1.29 is 4.42 Å². The molecular formula is C42H26O. The summed E-state index contributed by atoms with van der Waals surface area (Å²) < 4.78 is 6.32. The molecule has 0 radical (unpaired) electrons. The van der Waals surface area contributed by atoms with Crippen molar-refractivity contribution in [1.29, 1.82) is 0 Å². The Labute approximate surface area is 250 Å². The predicted molar refractivity (Wildman–Crippen MR) is 180 cm³/mol. The van der Waals surface area contributed by atoms with Crippen molar-refractivity contribution in [2.45, 2.75) is 0 Å². The normalized spacial score (nSPS) is 11.7. The second-order valence-electron chi connectivity index (χ2n) is 11.3. The van der Waals surface area contributed by atoms with Crippen LogP contribution in [0, 0.1) is 0 Å². The highest BCUT2D eigenvalue weighted by atomic mass is 16.3. The van der Waals surface area contributed by atoms with Crippen molar-refractivity contribution in [3.05, 3.63) is 158 Å². The van der Waals surface area contributed by atoms with Gasteiger partial charge in [0.2, 0.25) is 0 Å². The lowest BCUT2D eigenvalue weighted by atomic mass is 9.80. The molecule has 0 aliphatic heterocycles. The minimum Gasteiger partial charge on any atom is -0.455 e. The molecule has 0 saturated heterocycles. The Balaban J connectivity index is 1.19. The fourth-order valence-electron chi connectivity index (χ4n) is 6.86. The lowest BCUT2D eigenvalue weighted by molar-refractivity contribution is 0.670. The van der Waals surface area contributed by atoms with Crippen LogP contribution in [0.15, 0.2) is 162 Å². The van der Waals surface area contributed by atoms with Crippen LogP contribution in [0.1, 0.15) is 0 Å². The summed E-state index contributed by atoms with van der Waals surface area (Å²) in [4.78, 5) is 0. The molecule has 1 heteroatoms. The Kier molecular flexibility index (Phi) is 5.27. The minimum atomic E-state index is 0.923. The molecule has 0 spiro atoms. The van der Waals surface area contributed by atoms with Crippen molar-refractivity contribution in [3.63, 3.8) is 0 Å². The van der Waals surface area contributed by atoms with Gasteiger partial charge >= 0.3 is 0 Å². The van der Waals surface area contributed by atoms with E-state index in [-0.39, 0.29) is 0 Å². The Morgan fingerprint density at radius 1 is 0.279 bits per heavy atom. The lowest BCUT2D eigenvalue weighted by Gasteiger charge is -2.23. The number of benzene rings is 7. The van der Waals surface area contributed by atoms with Gasteiger partial charge in [-0.05, 0) is 73.3 Å². The van der Waals surface area contributed by atoms with E-state index in [9.17, 15) is 0 Å². The van der Waals surface area contributed by atoms with Crippen LogP contribution >= 0.6 is 0 Å². The van der Waals surface area contributed by atoms with E-state index in [0.717, 1.165) is 33.1 Å². The molecule has 43 heavy (non-hydrogen) atoms. The largest absolute Gasteiger partial charge is 0.455 e. The molecular weight excluding hydrogens is 520 g/mol. The summed E-state index contributed by atoms with van der Waals surface area (Å²) in [6, 6.07) is 56.9. The van der Waals surface area contributed by atoms with Crippen LogP contribution in [0.3, 0.4) is 0 Å². The molecule has 1 aromatic heterocycles. The summed E-state index contributed by atoms with van der Waals surface area (Å²) in [6.07, 6.45) is 0. The van der Waals surface area contributed by atoms with Gasteiger partial charge in [0.25, 0.3) is 0 Å². The number of furan rings is 1. The molecule has 0 amide bonds. The molecule has 0 fully saturated rings. The first-order valence-electron chi connectivity index (χ1n) is 14.8. The van der Waals surface area contributed by atoms with Gasteiger partial charge in [0.1, 0.15) is 11.2 Å². The smallest absolute Gasteiger partial charge is 0.143 e. The number of hydrogen-bond donors (Lipinski definition) is 0. The quantitative estimate of drug-likeness (QED) is 0.210. The number of hydrogen-bond acceptors (Lipinski definition) is 1. The van der Waals surface area contributed by atoms with Crippen LogP contribution in [0.2, 0.25) is 0 Å². The number of fused-ring (bicyclic) bond motifs is 11. The van der Waals surface area contributed by atoms with Gasteiger partial charge in [0.15, 0.2) is 0 Å². The summed E-state index contributed by atoms with van der Waals surface area (Å²) in [5, 5.41) is 2.31. The number of rotatable bonds is 2. The summed E-state index contributed by atoms with van der Waals surface area (Å²) in [5.74, 6) is 0. The molecule has 0 N–H and O–H groups in total. The van der Waals surface area contributed by atoms with E-state index in [2.05, 4.69) is 146 Å². The second kappa shape index (κ2) is 9.44. The van der Waals surface area contributed by atoms with Crippen LogP contribution in [-0.4, -0.2) is 0 Å². The zero-order valence-corrected chi connectivity index (χ0v) is 23.4. The van der Waals surface area contributed by atoms with Gasteiger partial charge in [-0.1, -0.05) is 146 Å². The van der Waals surface area contributed by atoms with Crippen LogP contribution in [-0.2, 0) is 0 Å². The molecule has 1 aliphatic carbocycles. The van der Waals surface area contributed by atoms with E-state index in [1.807, 2.05) is 12.1 Å². The van der Waals surface area contributed by atoms with Crippen molar-refractivity contribution in [2.75, 3.05) is 0 Å². The van der Waals surface area contributed by atoms with Crippen LogP contribution < -0.4 is 0 Å². The summed E-state index contributed by atoms with van der Waals surface area (Å²) in [5.41, 5.74) is 16.6. The van der Waals surface area contributed by atoms with E-state index in [4.69, 9.17) is 4.42 Å². The molecule has 200 valence electrons. The topological polar surface area (TPSA) is 13.1 Å². The molecule has 9 rings (SSSR count). The summed E-state index contributed by atoms with van der Waals surface area (Å²) in [6.45, 7) is 0. The Bertz CT molecular complexity index is 2330. The SMILES string of the molecule is c1ccc2c(c1)-c1ccccc1-c1ccc(-c3ccc(-c4cccc5c4oc4ccccc45)cc3)cc1-c1ccccc1-2. The maximum atomic E-state index is 6.32. The zero-order chi connectivity index (χ0) is 28.3. The summed E-state index contributed by atoms with van der Waals surface area (Å²) in [7, 11) is 0. The third-order valence-corrected chi connectivity index (χ3v) is 8.89. The molecule has 1 heterocycles. The molecule has 0 saturated carbocycles. The van der Waals surface area contributed by atoms with E-state index in [1.165, 1.54) is 55.6 Å². The van der Waals surface area contributed by atoms with Crippen molar-refractivity contribution in [1.82, 2.24) is 0 Å². The van der Waals surface area contributed by atoms with Crippen molar-refractivity contribution in [3.8, 4) is 66.8 Å². The van der Waals surface area contributed by atoms with Crippen LogP contribution in [0.4, 0.5) is 0 Å². The van der Waals surface area contributed by atoms with Crippen molar-refractivity contribution >= 4 is 21.9 Å². The minimum absolute atomic E-state index is 0.923. The van der Waals surface area contributed by atoms with Crippen LogP contribution in [0.25, 0.3) is 88.7 Å². The Hall–Kier alpha value is -5.66. The highest BCUT2D eigenvalue weighted by Crippen LogP contribution is 2.48. The fraction of sp³-hybridized carbons (Fsp3) is 0. The third kappa shape index (κ3) is 3.72. The Morgan fingerprint density at radius 3 is 1.35 bits per heavy atom. The van der Waals surface area contributed by atoms with E-state index >= 15 is 0 Å². The second-order valence-corrected chi connectivity index (χ2v) is 11.3. The van der Waals surface area contributed by atoms with Gasteiger partial charge in [-0.3, -0.25) is 0 Å². The van der Waals surface area contributed by atoms with E-state index in [0.29, 0.717) is 0 Å². The first kappa shape index (κ1) is 24.0. The number of para-hydroxylation sites is 2. The van der Waals surface area contributed by atoms with Crippen LogP contribution in [0.5, 0.6) is 0 Å². The fourth-order valence-corrected chi connectivity index (χ4v) is 6.86.